The molecule has 0 aliphatic heterocycles. The first-order valence-electron chi connectivity index (χ1n) is 3.87. The molecule has 2 rings (SSSR count). The molecule has 0 amide bonds. The maximum atomic E-state index is 5.82. The molecule has 0 radical (unpaired) electrons. The largest absolute Gasteiger partial charge is 0.324 e. The van der Waals surface area contributed by atoms with Gasteiger partial charge in [-0.1, -0.05) is 12.1 Å². The van der Waals surface area contributed by atoms with E-state index in [9.17, 15) is 0 Å². The van der Waals surface area contributed by atoms with Crippen molar-refractivity contribution in [2.45, 2.75) is 13.0 Å². The summed E-state index contributed by atoms with van der Waals surface area (Å²) in [6, 6.07) is 6.16. The van der Waals surface area contributed by atoms with Gasteiger partial charge < -0.3 is 5.73 Å². The van der Waals surface area contributed by atoms with E-state index in [0.29, 0.717) is 0 Å². The van der Waals surface area contributed by atoms with E-state index in [0.717, 1.165) is 5.52 Å². The van der Waals surface area contributed by atoms with Gasteiger partial charge in [0.2, 0.25) is 0 Å². The average Bonchev–Trinajstić information content (AvgIpc) is 2.49. The van der Waals surface area contributed by atoms with Crippen molar-refractivity contribution in [3.63, 3.8) is 0 Å². The molecule has 1 aromatic carbocycles. The highest BCUT2D eigenvalue weighted by atomic mass is 32.1. The standard InChI is InChI=1S/C9H10N2S/c1-6(10)7-3-2-4-8-9(7)12-5-11-8/h2-6H,10H2,1H3. The predicted octanol–water partition coefficient (Wildman–Crippen LogP) is 2.32. The Labute approximate surface area is 75.0 Å². The molecule has 2 aromatic rings. The molecule has 1 aromatic heterocycles. The minimum atomic E-state index is 0.0918. The first-order valence-corrected chi connectivity index (χ1v) is 4.74. The fourth-order valence-corrected chi connectivity index (χ4v) is 2.17. The molecule has 0 aliphatic rings. The lowest BCUT2D eigenvalue weighted by Crippen LogP contribution is -2.04. The molecular weight excluding hydrogens is 168 g/mol. The number of benzene rings is 1. The number of aromatic nitrogens is 1. The molecule has 0 aliphatic carbocycles. The highest BCUT2D eigenvalue weighted by Crippen LogP contribution is 2.25. The molecule has 2 nitrogen and oxygen atoms in total. The van der Waals surface area contributed by atoms with Crippen molar-refractivity contribution in [3.8, 4) is 0 Å². The van der Waals surface area contributed by atoms with Gasteiger partial charge in [-0.25, -0.2) is 4.98 Å². The third kappa shape index (κ3) is 1.11. The Kier molecular flexibility index (Phi) is 1.83. The summed E-state index contributed by atoms with van der Waals surface area (Å²) in [6.07, 6.45) is 0. The van der Waals surface area contributed by atoms with Gasteiger partial charge in [-0.15, -0.1) is 11.3 Å². The van der Waals surface area contributed by atoms with Gasteiger partial charge in [0.25, 0.3) is 0 Å². The van der Waals surface area contributed by atoms with Crippen LogP contribution in [0.3, 0.4) is 0 Å². The molecule has 1 heterocycles. The quantitative estimate of drug-likeness (QED) is 0.727. The summed E-state index contributed by atoms with van der Waals surface area (Å²) < 4.78 is 1.22. The second-order valence-corrected chi connectivity index (χ2v) is 3.69. The van der Waals surface area contributed by atoms with E-state index in [1.165, 1.54) is 10.3 Å². The van der Waals surface area contributed by atoms with E-state index in [4.69, 9.17) is 5.73 Å². The van der Waals surface area contributed by atoms with E-state index in [-0.39, 0.29) is 6.04 Å². The molecule has 3 heteroatoms. The molecule has 12 heavy (non-hydrogen) atoms. The normalized spacial score (nSPS) is 13.5. The second-order valence-electron chi connectivity index (χ2n) is 2.84. The number of rotatable bonds is 1. The van der Waals surface area contributed by atoms with Crippen LogP contribution >= 0.6 is 11.3 Å². The SMILES string of the molecule is CC(N)c1cccc2ncsc12. The Morgan fingerprint density at radius 2 is 2.33 bits per heavy atom. The fourth-order valence-electron chi connectivity index (χ4n) is 1.27. The van der Waals surface area contributed by atoms with E-state index in [1.54, 1.807) is 11.3 Å². The number of nitrogens with zero attached hydrogens (tertiary/aromatic N) is 1. The molecule has 0 fully saturated rings. The number of fused-ring (bicyclic) bond motifs is 1. The van der Waals surface area contributed by atoms with Crippen molar-refractivity contribution >= 4 is 21.6 Å². The topological polar surface area (TPSA) is 38.9 Å². The first-order chi connectivity index (χ1) is 5.79. The summed E-state index contributed by atoms with van der Waals surface area (Å²) in [6.45, 7) is 1.99. The van der Waals surface area contributed by atoms with Crippen LogP contribution < -0.4 is 5.73 Å². The zero-order chi connectivity index (χ0) is 8.55. The zero-order valence-corrected chi connectivity index (χ0v) is 7.64. The van der Waals surface area contributed by atoms with Crippen molar-refractivity contribution in [2.24, 2.45) is 5.73 Å². The molecule has 0 spiro atoms. The van der Waals surface area contributed by atoms with Crippen LogP contribution in [-0.2, 0) is 0 Å². The van der Waals surface area contributed by atoms with Crippen molar-refractivity contribution in [2.75, 3.05) is 0 Å². The van der Waals surface area contributed by atoms with Gasteiger partial charge >= 0.3 is 0 Å². The zero-order valence-electron chi connectivity index (χ0n) is 6.82. The predicted molar refractivity (Wildman–Crippen MR) is 52.2 cm³/mol. The molecule has 1 unspecified atom stereocenters. The fraction of sp³-hybridized carbons (Fsp3) is 0.222. The van der Waals surface area contributed by atoms with E-state index in [2.05, 4.69) is 11.1 Å². The Hall–Kier alpha value is -0.930. The average molecular weight is 178 g/mol. The number of nitrogens with two attached hydrogens (primary N) is 1. The Bertz CT molecular complexity index is 392. The van der Waals surface area contributed by atoms with Crippen LogP contribution in [0, 0.1) is 0 Å². The summed E-state index contributed by atoms with van der Waals surface area (Å²) in [7, 11) is 0. The summed E-state index contributed by atoms with van der Waals surface area (Å²) in [5.74, 6) is 0. The van der Waals surface area contributed by atoms with Crippen molar-refractivity contribution in [1.82, 2.24) is 4.98 Å². The Morgan fingerprint density at radius 1 is 1.50 bits per heavy atom. The summed E-state index contributed by atoms with van der Waals surface area (Å²) in [5.41, 5.74) is 9.92. The number of thiazole rings is 1. The van der Waals surface area contributed by atoms with Gasteiger partial charge in [0.1, 0.15) is 0 Å². The third-order valence-corrected chi connectivity index (χ3v) is 2.77. The lowest BCUT2D eigenvalue weighted by Gasteiger charge is -2.04. The highest BCUT2D eigenvalue weighted by molar-refractivity contribution is 7.16. The van der Waals surface area contributed by atoms with E-state index >= 15 is 0 Å². The number of hydrogen-bond donors (Lipinski definition) is 1. The van der Waals surface area contributed by atoms with Gasteiger partial charge in [0, 0.05) is 6.04 Å². The molecule has 0 saturated carbocycles. The van der Waals surface area contributed by atoms with Gasteiger partial charge in [-0.05, 0) is 18.6 Å². The molecule has 2 N–H and O–H groups in total. The molecular formula is C9H10N2S. The molecule has 62 valence electrons. The van der Waals surface area contributed by atoms with Gasteiger partial charge in [0.05, 0.1) is 15.7 Å². The maximum Gasteiger partial charge on any atom is 0.0815 e. The monoisotopic (exact) mass is 178 g/mol. The smallest absolute Gasteiger partial charge is 0.0815 e. The summed E-state index contributed by atoms with van der Waals surface area (Å²) >= 11 is 1.65. The van der Waals surface area contributed by atoms with Crippen LogP contribution in [0.15, 0.2) is 23.7 Å². The molecule has 1 atom stereocenters. The van der Waals surface area contributed by atoms with Gasteiger partial charge in [0.15, 0.2) is 0 Å². The second kappa shape index (κ2) is 2.84. The third-order valence-electron chi connectivity index (χ3n) is 1.88. The summed E-state index contributed by atoms with van der Waals surface area (Å²) in [5, 5.41) is 0. The number of hydrogen-bond acceptors (Lipinski definition) is 3. The van der Waals surface area contributed by atoms with Crippen LogP contribution in [0.1, 0.15) is 18.5 Å². The van der Waals surface area contributed by atoms with E-state index < -0.39 is 0 Å². The van der Waals surface area contributed by atoms with Crippen molar-refractivity contribution < 1.29 is 0 Å². The molecule has 0 bridgehead atoms. The highest BCUT2D eigenvalue weighted by Gasteiger charge is 2.05. The lowest BCUT2D eigenvalue weighted by molar-refractivity contribution is 0.828. The van der Waals surface area contributed by atoms with Crippen LogP contribution in [0.5, 0.6) is 0 Å². The van der Waals surface area contributed by atoms with Crippen LogP contribution in [0.25, 0.3) is 10.2 Å². The first kappa shape index (κ1) is 7.71. The molecule has 0 saturated heterocycles. The summed E-state index contributed by atoms with van der Waals surface area (Å²) in [4.78, 5) is 4.22. The Morgan fingerprint density at radius 3 is 3.08 bits per heavy atom. The van der Waals surface area contributed by atoms with Gasteiger partial charge in [-0.2, -0.15) is 0 Å². The minimum Gasteiger partial charge on any atom is -0.324 e. The van der Waals surface area contributed by atoms with E-state index in [1.807, 2.05) is 24.6 Å². The van der Waals surface area contributed by atoms with Crippen molar-refractivity contribution in [3.05, 3.63) is 29.3 Å². The Balaban J connectivity index is 2.73. The minimum absolute atomic E-state index is 0.0918. The van der Waals surface area contributed by atoms with Crippen LogP contribution in [0.2, 0.25) is 0 Å². The lowest BCUT2D eigenvalue weighted by atomic mass is 10.1. The van der Waals surface area contributed by atoms with Crippen molar-refractivity contribution in [1.29, 1.82) is 0 Å². The van der Waals surface area contributed by atoms with Crippen LogP contribution in [0.4, 0.5) is 0 Å². The van der Waals surface area contributed by atoms with Gasteiger partial charge in [-0.3, -0.25) is 0 Å². The maximum absolute atomic E-state index is 5.82. The van der Waals surface area contributed by atoms with Crippen LogP contribution in [-0.4, -0.2) is 4.98 Å².